The largest absolute Gasteiger partial charge is 0.467 e. The molecule has 2 heterocycles. The normalized spacial score (nSPS) is 17.9. The van der Waals surface area contributed by atoms with Gasteiger partial charge in [-0.05, 0) is 60.5 Å². The molecule has 0 radical (unpaired) electrons. The molecule has 1 aliphatic rings. The summed E-state index contributed by atoms with van der Waals surface area (Å²) in [4.78, 5) is 4.93. The number of aromatic nitrogens is 1. The third-order valence-electron chi connectivity index (χ3n) is 5.65. The van der Waals surface area contributed by atoms with Crippen LogP contribution in [0.25, 0.3) is 21.3 Å². The molecule has 0 bridgehead atoms. The van der Waals surface area contributed by atoms with Crippen LogP contribution < -0.4 is 4.74 Å². The molecule has 0 N–H and O–H groups in total. The van der Waals surface area contributed by atoms with Crippen molar-refractivity contribution in [2.45, 2.75) is 37.2 Å². The molecule has 0 spiro atoms. The highest BCUT2D eigenvalue weighted by Gasteiger charge is 2.25. The van der Waals surface area contributed by atoms with Gasteiger partial charge in [-0.1, -0.05) is 36.5 Å². The SMILES string of the molecule is C=S(=O)(CCC)N1CCC(Oc2nc3ccc(-c4ccc(S(C)(=O)=O)cc4)cc3s2)CC1. The summed E-state index contributed by atoms with van der Waals surface area (Å²) in [5, 5.41) is 0.645. The average molecular weight is 493 g/mol. The van der Waals surface area contributed by atoms with E-state index in [1.165, 1.54) is 17.6 Å². The van der Waals surface area contributed by atoms with Gasteiger partial charge in [-0.2, -0.15) is 0 Å². The zero-order valence-electron chi connectivity index (χ0n) is 18.3. The lowest BCUT2D eigenvalue weighted by Crippen LogP contribution is -2.42. The Labute approximate surface area is 194 Å². The van der Waals surface area contributed by atoms with Gasteiger partial charge in [-0.25, -0.2) is 17.7 Å². The third-order valence-corrected chi connectivity index (χ3v) is 10.0. The maximum Gasteiger partial charge on any atom is 0.274 e. The molecule has 4 rings (SSSR count). The summed E-state index contributed by atoms with van der Waals surface area (Å²) < 4.78 is 45.2. The molecule has 32 heavy (non-hydrogen) atoms. The Morgan fingerprint density at radius 2 is 1.75 bits per heavy atom. The minimum Gasteiger partial charge on any atom is -0.467 e. The molecule has 3 aromatic rings. The van der Waals surface area contributed by atoms with Crippen LogP contribution in [0.4, 0.5) is 0 Å². The lowest BCUT2D eigenvalue weighted by molar-refractivity contribution is 0.137. The highest BCUT2D eigenvalue weighted by molar-refractivity contribution is 7.98. The van der Waals surface area contributed by atoms with Gasteiger partial charge < -0.3 is 4.74 Å². The average Bonchev–Trinajstić information content (AvgIpc) is 3.15. The maximum absolute atomic E-state index is 12.7. The lowest BCUT2D eigenvalue weighted by atomic mass is 10.1. The first-order chi connectivity index (χ1) is 15.2. The Hall–Kier alpha value is -1.94. The summed E-state index contributed by atoms with van der Waals surface area (Å²) in [7, 11) is -5.37. The third kappa shape index (κ3) is 5.17. The van der Waals surface area contributed by atoms with Gasteiger partial charge in [0.25, 0.3) is 5.19 Å². The molecule has 0 amide bonds. The maximum atomic E-state index is 12.7. The molecule has 1 atom stereocenters. The predicted octanol–water partition coefficient (Wildman–Crippen LogP) is 4.25. The van der Waals surface area contributed by atoms with E-state index in [4.69, 9.17) is 4.74 Å². The van der Waals surface area contributed by atoms with Crippen molar-refractivity contribution in [3.05, 3.63) is 42.5 Å². The number of rotatable bonds is 7. The van der Waals surface area contributed by atoms with Gasteiger partial charge in [0, 0.05) is 34.8 Å². The van der Waals surface area contributed by atoms with Gasteiger partial charge in [0.2, 0.25) is 0 Å². The Bertz CT molecular complexity index is 1310. The number of ether oxygens (including phenoxy) is 1. The quantitative estimate of drug-likeness (QED) is 0.461. The highest BCUT2D eigenvalue weighted by atomic mass is 32.2. The predicted molar refractivity (Wildman–Crippen MR) is 134 cm³/mol. The molecular formula is C23H28N2O4S3. The van der Waals surface area contributed by atoms with Crippen LogP contribution in [0.15, 0.2) is 47.4 Å². The number of piperidine rings is 1. The number of thiazole rings is 1. The van der Waals surface area contributed by atoms with Crippen molar-refractivity contribution in [1.29, 1.82) is 0 Å². The van der Waals surface area contributed by atoms with E-state index >= 15 is 0 Å². The molecule has 1 saturated heterocycles. The van der Waals surface area contributed by atoms with Crippen molar-refractivity contribution in [2.24, 2.45) is 0 Å². The lowest BCUT2D eigenvalue weighted by Gasteiger charge is -2.33. The molecule has 9 heteroatoms. The monoisotopic (exact) mass is 492 g/mol. The van der Waals surface area contributed by atoms with Gasteiger partial charge >= 0.3 is 0 Å². The summed E-state index contributed by atoms with van der Waals surface area (Å²) in [6, 6.07) is 12.9. The van der Waals surface area contributed by atoms with Crippen molar-refractivity contribution < 1.29 is 17.4 Å². The summed E-state index contributed by atoms with van der Waals surface area (Å²) in [6.07, 6.45) is 3.76. The van der Waals surface area contributed by atoms with E-state index in [-0.39, 0.29) is 6.10 Å². The van der Waals surface area contributed by atoms with Crippen LogP contribution in [-0.4, -0.2) is 59.0 Å². The fourth-order valence-electron chi connectivity index (χ4n) is 3.90. The number of fused-ring (bicyclic) bond motifs is 1. The van der Waals surface area contributed by atoms with E-state index in [9.17, 15) is 12.6 Å². The number of benzene rings is 2. The number of sulfone groups is 1. The zero-order chi connectivity index (χ0) is 22.9. The fourth-order valence-corrected chi connectivity index (χ4v) is 7.22. The van der Waals surface area contributed by atoms with E-state index in [1.54, 1.807) is 12.1 Å². The van der Waals surface area contributed by atoms with Crippen molar-refractivity contribution >= 4 is 47.0 Å². The van der Waals surface area contributed by atoms with E-state index in [1.807, 2.05) is 35.5 Å². The first-order valence-electron chi connectivity index (χ1n) is 10.6. The van der Waals surface area contributed by atoms with Crippen molar-refractivity contribution in [3.8, 4) is 16.3 Å². The number of hydrogen-bond donors (Lipinski definition) is 0. The van der Waals surface area contributed by atoms with E-state index in [0.29, 0.717) is 15.8 Å². The second-order valence-corrected chi connectivity index (χ2v) is 13.7. The highest BCUT2D eigenvalue weighted by Crippen LogP contribution is 2.33. The van der Waals surface area contributed by atoms with Crippen LogP contribution in [0.5, 0.6) is 5.19 Å². The molecule has 0 saturated carbocycles. The summed E-state index contributed by atoms with van der Waals surface area (Å²) in [5.41, 5.74) is 2.83. The molecule has 2 aromatic carbocycles. The summed E-state index contributed by atoms with van der Waals surface area (Å²) in [6.45, 7) is 3.49. The van der Waals surface area contributed by atoms with Crippen molar-refractivity contribution in [1.82, 2.24) is 9.29 Å². The van der Waals surface area contributed by atoms with Crippen LogP contribution in [0, 0.1) is 0 Å². The second-order valence-electron chi connectivity index (χ2n) is 8.18. The van der Waals surface area contributed by atoms with E-state index in [0.717, 1.165) is 53.7 Å². The molecule has 172 valence electrons. The topological polar surface area (TPSA) is 76.6 Å². The molecule has 1 aliphatic heterocycles. The van der Waals surface area contributed by atoms with Gasteiger partial charge in [0.05, 0.1) is 15.1 Å². The molecular weight excluding hydrogens is 464 g/mol. The zero-order valence-corrected chi connectivity index (χ0v) is 20.8. The van der Waals surface area contributed by atoms with E-state index in [2.05, 4.69) is 16.9 Å². The van der Waals surface area contributed by atoms with Crippen molar-refractivity contribution in [2.75, 3.05) is 25.1 Å². The van der Waals surface area contributed by atoms with Crippen LogP contribution >= 0.6 is 11.3 Å². The molecule has 1 unspecified atom stereocenters. The Morgan fingerprint density at radius 3 is 2.38 bits per heavy atom. The Kier molecular flexibility index (Phi) is 6.63. The first kappa shape index (κ1) is 23.2. The van der Waals surface area contributed by atoms with Crippen LogP contribution in [-0.2, 0) is 19.5 Å². The minimum absolute atomic E-state index is 0.0617. The fraction of sp³-hybridized carbons (Fsp3) is 0.391. The standard InChI is InChI=1S/C23H28N2O4S3/c1-4-15-31(2,26)25-13-11-19(12-14-25)29-23-24-21-10-7-18(16-22(21)30-23)17-5-8-20(9-6-17)32(3,27)28/h5-10,16,19H,2,4,11-15H2,1,3H3. The Balaban J connectivity index is 1.45. The smallest absolute Gasteiger partial charge is 0.274 e. The number of nitrogens with zero attached hydrogens (tertiary/aromatic N) is 2. The van der Waals surface area contributed by atoms with Gasteiger partial charge in [0.15, 0.2) is 9.84 Å². The molecule has 0 aliphatic carbocycles. The van der Waals surface area contributed by atoms with Crippen LogP contribution in [0.1, 0.15) is 26.2 Å². The summed E-state index contributed by atoms with van der Waals surface area (Å²) in [5.74, 6) is 4.58. The van der Waals surface area contributed by atoms with Gasteiger partial charge in [-0.3, -0.25) is 4.21 Å². The van der Waals surface area contributed by atoms with Crippen LogP contribution in [0.3, 0.4) is 0 Å². The first-order valence-corrected chi connectivity index (χ1v) is 15.2. The van der Waals surface area contributed by atoms with Gasteiger partial charge in [-0.15, -0.1) is 0 Å². The summed E-state index contributed by atoms with van der Waals surface area (Å²) >= 11 is 1.51. The minimum atomic E-state index is -3.21. The second kappa shape index (κ2) is 9.13. The van der Waals surface area contributed by atoms with Crippen LogP contribution in [0.2, 0.25) is 0 Å². The van der Waals surface area contributed by atoms with Crippen molar-refractivity contribution in [3.63, 3.8) is 0 Å². The molecule has 6 nitrogen and oxygen atoms in total. The Morgan fingerprint density at radius 1 is 1.09 bits per heavy atom. The molecule has 1 fully saturated rings. The van der Waals surface area contributed by atoms with Gasteiger partial charge in [0.1, 0.15) is 6.10 Å². The molecule has 1 aromatic heterocycles. The number of hydrogen-bond acceptors (Lipinski definition) is 6. The van der Waals surface area contributed by atoms with E-state index < -0.39 is 19.5 Å².